The number of nitrogens with zero attached hydrogens (tertiary/aromatic N) is 2. The van der Waals surface area contributed by atoms with Gasteiger partial charge in [0.2, 0.25) is 0 Å². The number of hydrogen-bond donors (Lipinski definition) is 0. The average Bonchev–Trinajstić information content (AvgIpc) is 3.03. The van der Waals surface area contributed by atoms with E-state index in [1.165, 1.54) is 18.4 Å². The van der Waals surface area contributed by atoms with Crippen LogP contribution in [-0.4, -0.2) is 26.2 Å². The van der Waals surface area contributed by atoms with Crippen LogP contribution in [0, 0.1) is 22.7 Å². The zero-order valence-electron chi connectivity index (χ0n) is 11.2. The fourth-order valence-corrected chi connectivity index (χ4v) is 1.47. The highest BCUT2D eigenvalue weighted by atomic mass is 16.5. The van der Waals surface area contributed by atoms with Gasteiger partial charge in [0.15, 0.2) is 0 Å². The molecule has 0 N–H and O–H groups in total. The van der Waals surface area contributed by atoms with Gasteiger partial charge in [0, 0.05) is 6.08 Å². The van der Waals surface area contributed by atoms with Crippen molar-refractivity contribution in [2.45, 2.75) is 0 Å². The summed E-state index contributed by atoms with van der Waals surface area (Å²) in [6.07, 6.45) is 2.13. The molecule has 7 heteroatoms. The molecule has 0 aliphatic heterocycles. The summed E-state index contributed by atoms with van der Waals surface area (Å²) in [6, 6.07) is 6.25. The van der Waals surface area contributed by atoms with Gasteiger partial charge >= 0.3 is 11.9 Å². The Morgan fingerprint density at radius 3 is 2.33 bits per heavy atom. The number of carbonyl (C=O) groups is 2. The first-order valence-electron chi connectivity index (χ1n) is 5.55. The van der Waals surface area contributed by atoms with Crippen molar-refractivity contribution in [2.75, 3.05) is 14.2 Å². The van der Waals surface area contributed by atoms with Gasteiger partial charge in [0.1, 0.15) is 23.5 Å². The Morgan fingerprint density at radius 1 is 1.24 bits per heavy atom. The second-order valence-corrected chi connectivity index (χ2v) is 3.52. The van der Waals surface area contributed by atoms with Crippen molar-refractivity contribution in [1.82, 2.24) is 0 Å². The van der Waals surface area contributed by atoms with Crippen LogP contribution in [-0.2, 0) is 19.1 Å². The first-order chi connectivity index (χ1) is 10.1. The molecule has 0 saturated carbocycles. The Hall–Kier alpha value is -3.32. The van der Waals surface area contributed by atoms with E-state index in [0.717, 1.165) is 20.3 Å². The van der Waals surface area contributed by atoms with Crippen LogP contribution in [0.15, 0.2) is 40.0 Å². The molecule has 0 spiro atoms. The van der Waals surface area contributed by atoms with Gasteiger partial charge in [-0.3, -0.25) is 0 Å². The summed E-state index contributed by atoms with van der Waals surface area (Å²) >= 11 is 0. The van der Waals surface area contributed by atoms with E-state index >= 15 is 0 Å². The molecule has 0 fully saturated rings. The number of nitriles is 2. The number of allylic oxidation sites excluding steroid dienone is 1. The molecule has 21 heavy (non-hydrogen) atoms. The van der Waals surface area contributed by atoms with Gasteiger partial charge in [-0.2, -0.15) is 10.5 Å². The van der Waals surface area contributed by atoms with E-state index in [1.807, 2.05) is 0 Å². The van der Waals surface area contributed by atoms with Gasteiger partial charge in [0.05, 0.1) is 31.6 Å². The summed E-state index contributed by atoms with van der Waals surface area (Å²) in [5.41, 5.74) is -0.842. The molecule has 1 rings (SSSR count). The maximum atomic E-state index is 11.8. The van der Waals surface area contributed by atoms with Crippen LogP contribution in [0.25, 0.3) is 5.57 Å². The predicted molar refractivity (Wildman–Crippen MR) is 69.0 cm³/mol. The normalized spacial score (nSPS) is 10.0. The number of furan rings is 1. The third-order valence-corrected chi connectivity index (χ3v) is 2.38. The molecule has 106 valence electrons. The SMILES string of the molecule is COC(=O)/C=C(/C(=O)OC)C(=C(C#N)C#N)c1ccco1. The molecule has 0 saturated heterocycles. The molecule has 0 atom stereocenters. The lowest BCUT2D eigenvalue weighted by Crippen LogP contribution is -2.11. The van der Waals surface area contributed by atoms with Gasteiger partial charge in [0.25, 0.3) is 0 Å². The van der Waals surface area contributed by atoms with Crippen LogP contribution in [0.3, 0.4) is 0 Å². The van der Waals surface area contributed by atoms with E-state index in [2.05, 4.69) is 9.47 Å². The van der Waals surface area contributed by atoms with Gasteiger partial charge in [-0.05, 0) is 12.1 Å². The topological polar surface area (TPSA) is 113 Å². The van der Waals surface area contributed by atoms with Crippen molar-refractivity contribution in [3.63, 3.8) is 0 Å². The van der Waals surface area contributed by atoms with Crippen LogP contribution in [0.1, 0.15) is 5.76 Å². The number of rotatable bonds is 4. The molecule has 0 aliphatic rings. The van der Waals surface area contributed by atoms with Crippen LogP contribution in [0.2, 0.25) is 0 Å². The highest BCUT2D eigenvalue weighted by molar-refractivity contribution is 6.11. The molecule has 0 bridgehead atoms. The third kappa shape index (κ3) is 3.58. The van der Waals surface area contributed by atoms with E-state index in [0.29, 0.717) is 0 Å². The lowest BCUT2D eigenvalue weighted by molar-refractivity contribution is -0.138. The summed E-state index contributed by atoms with van der Waals surface area (Å²) in [6.45, 7) is 0. The molecule has 1 aromatic heterocycles. The fraction of sp³-hybridized carbons (Fsp3) is 0.143. The van der Waals surface area contributed by atoms with Gasteiger partial charge < -0.3 is 13.9 Å². The van der Waals surface area contributed by atoms with Crippen LogP contribution >= 0.6 is 0 Å². The van der Waals surface area contributed by atoms with Crippen molar-refractivity contribution in [3.05, 3.63) is 41.4 Å². The molecule has 0 unspecified atom stereocenters. The maximum absolute atomic E-state index is 11.8. The van der Waals surface area contributed by atoms with Crippen molar-refractivity contribution in [2.24, 2.45) is 0 Å². The van der Waals surface area contributed by atoms with Crippen molar-refractivity contribution < 1.29 is 23.5 Å². The molecule has 0 aliphatic carbocycles. The average molecular weight is 286 g/mol. The fourth-order valence-electron chi connectivity index (χ4n) is 1.47. The molecular weight excluding hydrogens is 276 g/mol. The van der Waals surface area contributed by atoms with Crippen LogP contribution in [0.4, 0.5) is 0 Å². The van der Waals surface area contributed by atoms with Crippen LogP contribution < -0.4 is 0 Å². The largest absolute Gasteiger partial charge is 0.466 e. The van der Waals surface area contributed by atoms with Crippen molar-refractivity contribution in [1.29, 1.82) is 10.5 Å². The summed E-state index contributed by atoms with van der Waals surface area (Å²) in [5, 5.41) is 18.0. The summed E-state index contributed by atoms with van der Waals surface area (Å²) in [4.78, 5) is 23.2. The number of esters is 2. The monoisotopic (exact) mass is 286 g/mol. The smallest absolute Gasteiger partial charge is 0.338 e. The lowest BCUT2D eigenvalue weighted by Gasteiger charge is -2.08. The van der Waals surface area contributed by atoms with E-state index in [9.17, 15) is 9.59 Å². The zero-order chi connectivity index (χ0) is 15.8. The van der Waals surface area contributed by atoms with Crippen molar-refractivity contribution >= 4 is 17.5 Å². The molecule has 0 radical (unpaired) electrons. The third-order valence-electron chi connectivity index (χ3n) is 2.38. The van der Waals surface area contributed by atoms with Gasteiger partial charge in [-0.25, -0.2) is 9.59 Å². The quantitative estimate of drug-likeness (QED) is 0.355. The number of methoxy groups -OCH3 is 2. The Labute approximate surface area is 120 Å². The first kappa shape index (κ1) is 15.7. The standard InChI is InChI=1S/C14H10N2O5/c1-19-12(17)6-10(14(18)20-2)13(9(7-15)8-16)11-4-3-5-21-11/h3-6H,1-2H3/b10-6+. The molecule has 1 aromatic rings. The van der Waals surface area contributed by atoms with E-state index in [-0.39, 0.29) is 16.9 Å². The van der Waals surface area contributed by atoms with Crippen molar-refractivity contribution in [3.8, 4) is 12.1 Å². The lowest BCUT2D eigenvalue weighted by atomic mass is 9.98. The van der Waals surface area contributed by atoms with Crippen LogP contribution in [0.5, 0.6) is 0 Å². The highest BCUT2D eigenvalue weighted by Crippen LogP contribution is 2.28. The Balaban J connectivity index is 3.63. The molecule has 0 amide bonds. The number of ether oxygens (including phenoxy) is 2. The van der Waals surface area contributed by atoms with E-state index in [1.54, 1.807) is 12.1 Å². The van der Waals surface area contributed by atoms with E-state index in [4.69, 9.17) is 14.9 Å². The maximum Gasteiger partial charge on any atom is 0.338 e. The summed E-state index contributed by atoms with van der Waals surface area (Å²) in [7, 11) is 2.23. The second-order valence-electron chi connectivity index (χ2n) is 3.52. The summed E-state index contributed by atoms with van der Waals surface area (Å²) < 4.78 is 14.1. The number of carbonyl (C=O) groups excluding carboxylic acids is 2. The zero-order valence-corrected chi connectivity index (χ0v) is 11.2. The molecule has 0 aromatic carbocycles. The Morgan fingerprint density at radius 2 is 1.90 bits per heavy atom. The minimum atomic E-state index is -0.908. The molecule has 1 heterocycles. The Bertz CT molecular complexity index is 668. The highest BCUT2D eigenvalue weighted by Gasteiger charge is 2.24. The van der Waals surface area contributed by atoms with Gasteiger partial charge in [-0.15, -0.1) is 0 Å². The first-order valence-corrected chi connectivity index (χ1v) is 5.55. The Kier molecular flexibility index (Phi) is 5.48. The minimum Gasteiger partial charge on any atom is -0.466 e. The van der Waals surface area contributed by atoms with E-state index < -0.39 is 17.5 Å². The minimum absolute atomic E-state index is 0.0775. The number of hydrogen-bond acceptors (Lipinski definition) is 7. The van der Waals surface area contributed by atoms with Gasteiger partial charge in [-0.1, -0.05) is 0 Å². The molecule has 7 nitrogen and oxygen atoms in total. The molecular formula is C14H10N2O5. The second kappa shape index (κ2) is 7.31. The predicted octanol–water partition coefficient (Wildman–Crippen LogP) is 1.35. The summed E-state index contributed by atoms with van der Waals surface area (Å²) in [5.74, 6) is -1.67.